The predicted molar refractivity (Wildman–Crippen MR) is 94.1 cm³/mol. The fourth-order valence-electron chi connectivity index (χ4n) is 2.44. The minimum absolute atomic E-state index is 0.160. The van der Waals surface area contributed by atoms with Gasteiger partial charge in [-0.05, 0) is 58.3 Å². The number of hydrogen-bond donors (Lipinski definition) is 5. The Morgan fingerprint density at radius 3 is 1.48 bits per heavy atom. The third-order valence-corrected chi connectivity index (χ3v) is 4.14. The zero-order chi connectivity index (χ0) is 19.2. The molecule has 0 amide bonds. The van der Waals surface area contributed by atoms with Gasteiger partial charge in [0.25, 0.3) is 0 Å². The molecule has 8 heteroatoms. The number of esters is 1. The van der Waals surface area contributed by atoms with Crippen molar-refractivity contribution in [1.82, 2.24) is 0 Å². The van der Waals surface area contributed by atoms with Gasteiger partial charge in [0, 0.05) is 0 Å². The quantitative estimate of drug-likeness (QED) is 0.211. The van der Waals surface area contributed by atoms with Crippen molar-refractivity contribution in [1.29, 1.82) is 0 Å². The van der Waals surface area contributed by atoms with Crippen LogP contribution in [-0.4, -0.2) is 68.1 Å². The maximum atomic E-state index is 11.1. The van der Waals surface area contributed by atoms with Crippen LogP contribution in [0.2, 0.25) is 0 Å². The second kappa shape index (κ2) is 14.7. The lowest BCUT2D eigenvalue weighted by Gasteiger charge is -2.17. The van der Waals surface area contributed by atoms with Crippen LogP contribution in [0.3, 0.4) is 0 Å². The normalized spacial score (nSPS) is 17.6. The van der Waals surface area contributed by atoms with Gasteiger partial charge in [0.05, 0.1) is 36.9 Å². The second-order valence-corrected chi connectivity index (χ2v) is 6.82. The van der Waals surface area contributed by atoms with E-state index in [2.05, 4.69) is 4.74 Å². The van der Waals surface area contributed by atoms with Crippen molar-refractivity contribution >= 4 is 17.6 Å². The summed E-state index contributed by atoms with van der Waals surface area (Å²) in [6, 6.07) is -0.250. The Balaban J connectivity index is 3.75. The van der Waals surface area contributed by atoms with Gasteiger partial charge >= 0.3 is 5.97 Å². The van der Waals surface area contributed by atoms with Crippen molar-refractivity contribution < 1.29 is 35.1 Å². The van der Waals surface area contributed by atoms with Crippen molar-refractivity contribution in [2.24, 2.45) is 0 Å². The van der Waals surface area contributed by atoms with Crippen LogP contribution >= 0.6 is 11.6 Å². The molecule has 5 atom stereocenters. The number of carbonyl (C=O) groups excluding carboxylic acids is 1. The standard InChI is InChI=1S/C17H33ClO7/c1-12(19)2-3-13(20)4-5-14(21)6-7-15(22)8-9-16(23)10-17(24)25-11-18/h12-16,19-23H,2-11H2,1H3. The van der Waals surface area contributed by atoms with Gasteiger partial charge in [-0.1, -0.05) is 11.6 Å². The monoisotopic (exact) mass is 384 g/mol. The molecule has 0 saturated carbocycles. The number of ether oxygens (including phenoxy) is 1. The van der Waals surface area contributed by atoms with Crippen LogP contribution in [0, 0.1) is 0 Å². The molecule has 0 rings (SSSR count). The zero-order valence-corrected chi connectivity index (χ0v) is 15.6. The van der Waals surface area contributed by atoms with Gasteiger partial charge in [0.1, 0.15) is 0 Å². The number of rotatable bonds is 15. The van der Waals surface area contributed by atoms with Gasteiger partial charge in [-0.2, -0.15) is 0 Å². The van der Waals surface area contributed by atoms with Gasteiger partial charge in [0.15, 0.2) is 6.07 Å². The number of alkyl halides is 1. The summed E-state index contributed by atoms with van der Waals surface area (Å²) >= 11 is 5.24. The van der Waals surface area contributed by atoms with Crippen LogP contribution in [0.4, 0.5) is 0 Å². The fourth-order valence-corrected chi connectivity index (χ4v) is 2.56. The molecule has 0 aliphatic heterocycles. The van der Waals surface area contributed by atoms with E-state index in [-0.39, 0.29) is 18.9 Å². The molecular weight excluding hydrogens is 352 g/mol. The van der Waals surface area contributed by atoms with E-state index < -0.39 is 36.5 Å². The molecule has 0 aliphatic rings. The van der Waals surface area contributed by atoms with Gasteiger partial charge < -0.3 is 30.3 Å². The van der Waals surface area contributed by atoms with E-state index in [1.165, 1.54) is 0 Å². The number of hydrogen-bond acceptors (Lipinski definition) is 7. The lowest BCUT2D eigenvalue weighted by Crippen LogP contribution is -2.20. The first-order chi connectivity index (χ1) is 11.7. The molecule has 0 heterocycles. The van der Waals surface area contributed by atoms with Crippen molar-refractivity contribution in [2.45, 2.75) is 95.2 Å². The molecule has 0 aromatic carbocycles. The molecule has 0 aromatic heterocycles. The Morgan fingerprint density at radius 2 is 1.12 bits per heavy atom. The molecule has 0 aliphatic carbocycles. The minimum Gasteiger partial charge on any atom is -0.449 e. The van der Waals surface area contributed by atoms with Crippen LogP contribution in [0.25, 0.3) is 0 Å². The highest BCUT2D eigenvalue weighted by molar-refractivity contribution is 6.17. The summed E-state index contributed by atoms with van der Waals surface area (Å²) in [5, 5.41) is 48.3. The third kappa shape index (κ3) is 15.5. The van der Waals surface area contributed by atoms with Crippen LogP contribution in [0.5, 0.6) is 0 Å². The van der Waals surface area contributed by atoms with E-state index in [1.54, 1.807) is 6.92 Å². The molecule has 0 saturated heterocycles. The number of carbonyl (C=O) groups is 1. The average Bonchev–Trinajstić information content (AvgIpc) is 2.54. The summed E-state index contributed by atoms with van der Waals surface area (Å²) in [4.78, 5) is 11.1. The maximum absolute atomic E-state index is 11.1. The van der Waals surface area contributed by atoms with Crippen molar-refractivity contribution in [3.05, 3.63) is 0 Å². The summed E-state index contributed by atoms with van der Waals surface area (Å²) in [5.41, 5.74) is 0. The first-order valence-electron chi connectivity index (χ1n) is 8.86. The molecule has 5 unspecified atom stereocenters. The summed E-state index contributed by atoms with van der Waals surface area (Å²) in [6.07, 6.45) is -0.0672. The second-order valence-electron chi connectivity index (χ2n) is 6.60. The molecular formula is C17H33ClO7. The lowest BCUT2D eigenvalue weighted by atomic mass is 9.99. The summed E-state index contributed by atoms with van der Waals surface area (Å²) in [6.45, 7) is 1.67. The molecule has 25 heavy (non-hydrogen) atoms. The van der Waals surface area contributed by atoms with Gasteiger partial charge in [0.2, 0.25) is 0 Å². The van der Waals surface area contributed by atoms with Crippen molar-refractivity contribution in [3.63, 3.8) is 0 Å². The van der Waals surface area contributed by atoms with Crippen molar-refractivity contribution in [3.8, 4) is 0 Å². The number of halogens is 1. The van der Waals surface area contributed by atoms with Crippen LogP contribution < -0.4 is 0 Å². The molecule has 7 nitrogen and oxygen atoms in total. The Labute approximate surface area is 154 Å². The third-order valence-electron chi connectivity index (χ3n) is 4.03. The molecule has 5 N–H and O–H groups in total. The topological polar surface area (TPSA) is 127 Å². The smallest absolute Gasteiger partial charge is 0.309 e. The average molecular weight is 385 g/mol. The lowest BCUT2D eigenvalue weighted by molar-refractivity contribution is -0.143. The summed E-state index contributed by atoms with van der Waals surface area (Å²) in [7, 11) is 0. The SMILES string of the molecule is CC(O)CCC(O)CCC(O)CCC(O)CCC(O)CC(=O)OCCl. The van der Waals surface area contributed by atoms with Crippen LogP contribution in [0.1, 0.15) is 64.7 Å². The van der Waals surface area contributed by atoms with Gasteiger partial charge in [-0.3, -0.25) is 4.79 Å². The van der Waals surface area contributed by atoms with E-state index in [0.717, 1.165) is 0 Å². The van der Waals surface area contributed by atoms with Crippen LogP contribution in [0.15, 0.2) is 0 Å². The zero-order valence-electron chi connectivity index (χ0n) is 14.9. The molecule has 150 valence electrons. The molecule has 0 fully saturated rings. The molecule has 0 aromatic rings. The summed E-state index contributed by atoms with van der Waals surface area (Å²) in [5.74, 6) is -0.582. The van der Waals surface area contributed by atoms with Crippen LogP contribution in [-0.2, 0) is 9.53 Å². The molecule has 0 bridgehead atoms. The highest BCUT2D eigenvalue weighted by Crippen LogP contribution is 2.15. The van der Waals surface area contributed by atoms with E-state index >= 15 is 0 Å². The first kappa shape index (κ1) is 24.6. The fraction of sp³-hybridized carbons (Fsp3) is 0.941. The largest absolute Gasteiger partial charge is 0.449 e. The number of aliphatic hydroxyl groups excluding tert-OH is 5. The van der Waals surface area contributed by atoms with Gasteiger partial charge in [-0.25, -0.2) is 0 Å². The van der Waals surface area contributed by atoms with E-state index in [9.17, 15) is 25.2 Å². The molecule has 0 spiro atoms. The van der Waals surface area contributed by atoms with Crippen molar-refractivity contribution in [2.75, 3.05) is 6.07 Å². The Hall–Kier alpha value is -0.440. The highest BCUT2D eigenvalue weighted by Gasteiger charge is 2.16. The Kier molecular flexibility index (Phi) is 14.4. The van der Waals surface area contributed by atoms with Gasteiger partial charge in [-0.15, -0.1) is 0 Å². The van der Waals surface area contributed by atoms with E-state index in [1.807, 2.05) is 0 Å². The Morgan fingerprint density at radius 1 is 0.760 bits per heavy atom. The maximum Gasteiger partial charge on any atom is 0.309 e. The van der Waals surface area contributed by atoms with E-state index in [4.69, 9.17) is 16.7 Å². The first-order valence-corrected chi connectivity index (χ1v) is 9.39. The minimum atomic E-state index is -0.889. The summed E-state index contributed by atoms with van der Waals surface area (Å²) < 4.78 is 4.51. The van der Waals surface area contributed by atoms with E-state index in [0.29, 0.717) is 44.9 Å². The Bertz CT molecular complexity index is 341. The number of aliphatic hydroxyl groups is 5. The highest BCUT2D eigenvalue weighted by atomic mass is 35.5. The molecule has 0 radical (unpaired) electrons. The predicted octanol–water partition coefficient (Wildman–Crippen LogP) is 1.06.